The van der Waals surface area contributed by atoms with Crippen molar-refractivity contribution in [1.82, 2.24) is 4.98 Å². The molecule has 2 N–H and O–H groups in total. The number of aryl methyl sites for hydroxylation is 1. The van der Waals surface area contributed by atoms with Crippen LogP contribution in [0.2, 0.25) is 5.02 Å². The molecule has 0 unspecified atom stereocenters. The van der Waals surface area contributed by atoms with Crippen molar-refractivity contribution in [3.8, 4) is 11.3 Å². The van der Waals surface area contributed by atoms with Gasteiger partial charge in [0.25, 0.3) is 0 Å². The van der Waals surface area contributed by atoms with Gasteiger partial charge in [-0.05, 0) is 36.2 Å². The zero-order valence-electron chi connectivity index (χ0n) is 9.11. The van der Waals surface area contributed by atoms with Crippen LogP contribution in [0.25, 0.3) is 11.3 Å². The van der Waals surface area contributed by atoms with Gasteiger partial charge >= 0.3 is 5.97 Å². The second kappa shape index (κ2) is 5.06. The van der Waals surface area contributed by atoms with Gasteiger partial charge in [-0.25, -0.2) is 0 Å². The highest BCUT2D eigenvalue weighted by Crippen LogP contribution is 2.21. The first-order chi connectivity index (χ1) is 8.15. The van der Waals surface area contributed by atoms with E-state index in [0.29, 0.717) is 11.4 Å². The zero-order valence-corrected chi connectivity index (χ0v) is 9.87. The SMILES string of the molecule is O=C(O)CCc1ccc(-c2ccc(Cl)cc2)[nH]1. The predicted molar refractivity (Wildman–Crippen MR) is 67.2 cm³/mol. The number of rotatable bonds is 4. The average Bonchev–Trinajstić information content (AvgIpc) is 2.76. The summed E-state index contributed by atoms with van der Waals surface area (Å²) in [5, 5.41) is 9.30. The third kappa shape index (κ3) is 3.11. The molecule has 17 heavy (non-hydrogen) atoms. The summed E-state index contributed by atoms with van der Waals surface area (Å²) in [6, 6.07) is 11.4. The molecule has 1 aromatic carbocycles. The Balaban J connectivity index is 2.12. The fourth-order valence-corrected chi connectivity index (χ4v) is 1.75. The Morgan fingerprint density at radius 1 is 1.18 bits per heavy atom. The second-order valence-electron chi connectivity index (χ2n) is 3.80. The fourth-order valence-electron chi connectivity index (χ4n) is 1.63. The molecule has 0 radical (unpaired) electrons. The molecule has 0 saturated carbocycles. The first kappa shape index (κ1) is 11.7. The van der Waals surface area contributed by atoms with E-state index < -0.39 is 5.97 Å². The van der Waals surface area contributed by atoms with Crippen LogP contribution in [-0.4, -0.2) is 16.1 Å². The van der Waals surface area contributed by atoms with Crippen molar-refractivity contribution in [2.24, 2.45) is 0 Å². The maximum atomic E-state index is 10.5. The Bertz CT molecular complexity index is 516. The van der Waals surface area contributed by atoms with Crippen molar-refractivity contribution >= 4 is 17.6 Å². The topological polar surface area (TPSA) is 53.1 Å². The molecule has 2 aromatic rings. The van der Waals surface area contributed by atoms with Crippen molar-refractivity contribution in [2.75, 3.05) is 0 Å². The van der Waals surface area contributed by atoms with Crippen molar-refractivity contribution in [1.29, 1.82) is 0 Å². The maximum Gasteiger partial charge on any atom is 0.303 e. The fraction of sp³-hybridized carbons (Fsp3) is 0.154. The van der Waals surface area contributed by atoms with Crippen LogP contribution in [0.4, 0.5) is 0 Å². The predicted octanol–water partition coefficient (Wildman–Crippen LogP) is 3.35. The molecule has 1 aromatic heterocycles. The lowest BCUT2D eigenvalue weighted by Gasteiger charge is -1.98. The Morgan fingerprint density at radius 3 is 2.53 bits per heavy atom. The number of benzene rings is 1. The summed E-state index contributed by atoms with van der Waals surface area (Å²) in [6.45, 7) is 0. The van der Waals surface area contributed by atoms with Crippen LogP contribution in [0.15, 0.2) is 36.4 Å². The zero-order chi connectivity index (χ0) is 12.3. The Kier molecular flexibility index (Phi) is 3.49. The quantitative estimate of drug-likeness (QED) is 0.873. The van der Waals surface area contributed by atoms with E-state index >= 15 is 0 Å². The van der Waals surface area contributed by atoms with Crippen LogP contribution in [0.3, 0.4) is 0 Å². The van der Waals surface area contributed by atoms with Crippen molar-refractivity contribution in [2.45, 2.75) is 12.8 Å². The first-order valence-electron chi connectivity index (χ1n) is 5.31. The summed E-state index contributed by atoms with van der Waals surface area (Å²) < 4.78 is 0. The van der Waals surface area contributed by atoms with E-state index in [1.807, 2.05) is 36.4 Å². The molecule has 0 fully saturated rings. The monoisotopic (exact) mass is 249 g/mol. The average molecular weight is 250 g/mol. The number of carboxylic acid groups (broad SMARTS) is 1. The molecule has 0 saturated heterocycles. The second-order valence-corrected chi connectivity index (χ2v) is 4.23. The van der Waals surface area contributed by atoms with Gasteiger partial charge in [0.1, 0.15) is 0 Å². The lowest BCUT2D eigenvalue weighted by Crippen LogP contribution is -1.97. The Morgan fingerprint density at radius 2 is 1.88 bits per heavy atom. The van der Waals surface area contributed by atoms with E-state index in [2.05, 4.69) is 4.98 Å². The first-order valence-corrected chi connectivity index (χ1v) is 5.68. The number of aliphatic carboxylic acids is 1. The molecular formula is C13H12ClNO2. The minimum Gasteiger partial charge on any atom is -0.481 e. The number of halogens is 1. The van der Waals surface area contributed by atoms with E-state index in [1.54, 1.807) is 0 Å². The molecule has 2 rings (SSSR count). The van der Waals surface area contributed by atoms with Gasteiger partial charge in [-0.3, -0.25) is 4.79 Å². The van der Waals surface area contributed by atoms with Gasteiger partial charge in [0, 0.05) is 16.4 Å². The number of carbonyl (C=O) groups is 1. The number of H-pyrrole nitrogens is 1. The number of aromatic nitrogens is 1. The lowest BCUT2D eigenvalue weighted by atomic mass is 10.2. The van der Waals surface area contributed by atoms with Gasteiger partial charge in [-0.1, -0.05) is 23.7 Å². The summed E-state index contributed by atoms with van der Waals surface area (Å²) in [7, 11) is 0. The van der Waals surface area contributed by atoms with E-state index in [-0.39, 0.29) is 6.42 Å². The van der Waals surface area contributed by atoms with E-state index in [9.17, 15) is 4.79 Å². The van der Waals surface area contributed by atoms with Crippen molar-refractivity contribution in [3.05, 3.63) is 47.1 Å². The molecule has 4 heteroatoms. The van der Waals surface area contributed by atoms with E-state index in [0.717, 1.165) is 17.0 Å². The molecule has 0 amide bonds. The summed E-state index contributed by atoms with van der Waals surface area (Å²) in [5.41, 5.74) is 2.94. The molecular weight excluding hydrogens is 238 g/mol. The van der Waals surface area contributed by atoms with Gasteiger partial charge in [-0.2, -0.15) is 0 Å². The number of aromatic amines is 1. The van der Waals surface area contributed by atoms with Crippen LogP contribution in [0, 0.1) is 0 Å². The Labute approximate surface area is 104 Å². The molecule has 88 valence electrons. The molecule has 0 aliphatic carbocycles. The highest BCUT2D eigenvalue weighted by Gasteiger charge is 2.03. The van der Waals surface area contributed by atoms with Crippen LogP contribution >= 0.6 is 11.6 Å². The summed E-state index contributed by atoms with van der Waals surface area (Å²) in [4.78, 5) is 13.7. The van der Waals surface area contributed by atoms with Gasteiger partial charge in [0.05, 0.1) is 6.42 Å². The smallest absolute Gasteiger partial charge is 0.303 e. The van der Waals surface area contributed by atoms with Gasteiger partial charge in [-0.15, -0.1) is 0 Å². The summed E-state index contributed by atoms with van der Waals surface area (Å²) in [6.07, 6.45) is 0.656. The van der Waals surface area contributed by atoms with Crippen LogP contribution in [0.1, 0.15) is 12.1 Å². The van der Waals surface area contributed by atoms with Crippen LogP contribution in [0.5, 0.6) is 0 Å². The Hall–Kier alpha value is -1.74. The number of hydrogen-bond donors (Lipinski definition) is 2. The normalized spacial score (nSPS) is 10.4. The van der Waals surface area contributed by atoms with Crippen LogP contribution in [-0.2, 0) is 11.2 Å². The van der Waals surface area contributed by atoms with Gasteiger partial charge in [0.2, 0.25) is 0 Å². The number of hydrogen-bond acceptors (Lipinski definition) is 1. The highest BCUT2D eigenvalue weighted by atomic mass is 35.5. The molecule has 0 aliphatic heterocycles. The van der Waals surface area contributed by atoms with Gasteiger partial charge < -0.3 is 10.1 Å². The minimum absolute atomic E-state index is 0.139. The number of nitrogens with one attached hydrogen (secondary N) is 1. The third-order valence-corrected chi connectivity index (χ3v) is 2.76. The molecule has 0 atom stereocenters. The molecule has 0 spiro atoms. The number of carboxylic acids is 1. The van der Waals surface area contributed by atoms with Gasteiger partial charge in [0.15, 0.2) is 0 Å². The standard InChI is InChI=1S/C13H12ClNO2/c14-10-3-1-9(2-4-10)12-7-5-11(15-12)6-8-13(16)17/h1-5,7,15H,6,8H2,(H,16,17). The summed E-state index contributed by atoms with van der Waals surface area (Å²) in [5.74, 6) is -0.785. The minimum atomic E-state index is -0.785. The largest absolute Gasteiger partial charge is 0.481 e. The van der Waals surface area contributed by atoms with Crippen LogP contribution < -0.4 is 0 Å². The molecule has 0 aliphatic rings. The molecule has 3 nitrogen and oxygen atoms in total. The molecule has 1 heterocycles. The lowest BCUT2D eigenvalue weighted by molar-refractivity contribution is -0.136. The van der Waals surface area contributed by atoms with Crippen molar-refractivity contribution in [3.63, 3.8) is 0 Å². The highest BCUT2D eigenvalue weighted by molar-refractivity contribution is 6.30. The summed E-state index contributed by atoms with van der Waals surface area (Å²) >= 11 is 5.81. The third-order valence-electron chi connectivity index (χ3n) is 2.51. The van der Waals surface area contributed by atoms with E-state index in [4.69, 9.17) is 16.7 Å². The van der Waals surface area contributed by atoms with E-state index in [1.165, 1.54) is 0 Å². The molecule has 0 bridgehead atoms. The maximum absolute atomic E-state index is 10.5. The van der Waals surface area contributed by atoms with Crippen molar-refractivity contribution < 1.29 is 9.90 Å².